The van der Waals surface area contributed by atoms with Crippen molar-refractivity contribution in [1.29, 1.82) is 0 Å². The van der Waals surface area contributed by atoms with Gasteiger partial charge in [0.1, 0.15) is 12.1 Å². The maximum atomic E-state index is 12.3. The third-order valence-electron chi connectivity index (χ3n) is 4.37. The molecule has 7 nitrogen and oxygen atoms in total. The molecule has 7 heteroatoms. The molecule has 1 aliphatic carbocycles. The Kier molecular flexibility index (Phi) is 8.24. The minimum atomic E-state index is -0.643. The molecule has 0 atom stereocenters. The number of rotatable bonds is 6. The van der Waals surface area contributed by atoms with Crippen LogP contribution in [0.5, 0.6) is 0 Å². The Morgan fingerprint density at radius 2 is 1.72 bits per heavy atom. The molecule has 0 saturated heterocycles. The number of alkyl carbamates (subject to hydrolysis) is 1. The van der Waals surface area contributed by atoms with Crippen LogP contribution in [0.4, 0.5) is 10.5 Å². The predicted molar refractivity (Wildman–Crippen MR) is 112 cm³/mol. The molecule has 3 amide bonds. The standard InChI is InChI=1S/C22H31N3O4/c1-22(2,3)29-21(28)24-15-20(27)23-14-17-11-7-8-12-18(17)25-19(26)13-16-9-5-4-6-10-16/h7-8,11-13H,4-6,9-10,14-15H2,1-3H3,(H,23,27)(H,24,28)(H,25,26). The number of carbonyl (C=O) groups excluding carboxylic acids is 3. The van der Waals surface area contributed by atoms with Gasteiger partial charge in [-0.05, 0) is 58.1 Å². The molecule has 1 aromatic rings. The molecule has 0 unspecified atom stereocenters. The van der Waals surface area contributed by atoms with E-state index in [1.54, 1.807) is 32.9 Å². The second kappa shape index (κ2) is 10.6. The largest absolute Gasteiger partial charge is 0.444 e. The van der Waals surface area contributed by atoms with Gasteiger partial charge >= 0.3 is 6.09 Å². The van der Waals surface area contributed by atoms with Crippen molar-refractivity contribution in [2.45, 2.75) is 65.0 Å². The lowest BCUT2D eigenvalue weighted by atomic mass is 9.94. The van der Waals surface area contributed by atoms with Crippen molar-refractivity contribution in [3.63, 3.8) is 0 Å². The Hall–Kier alpha value is -2.83. The Morgan fingerprint density at radius 3 is 2.41 bits per heavy atom. The van der Waals surface area contributed by atoms with Gasteiger partial charge in [0.2, 0.25) is 11.8 Å². The zero-order chi connectivity index (χ0) is 21.3. The summed E-state index contributed by atoms with van der Waals surface area (Å²) in [6.45, 7) is 5.31. The smallest absolute Gasteiger partial charge is 0.408 e. The monoisotopic (exact) mass is 401 g/mol. The summed E-state index contributed by atoms with van der Waals surface area (Å²) in [5, 5.41) is 8.05. The number of hydrogen-bond acceptors (Lipinski definition) is 4. The number of allylic oxidation sites excluding steroid dienone is 1. The minimum Gasteiger partial charge on any atom is -0.444 e. The number of amides is 3. The van der Waals surface area contributed by atoms with Crippen molar-refractivity contribution in [1.82, 2.24) is 10.6 Å². The van der Waals surface area contributed by atoms with Crippen LogP contribution in [0.3, 0.4) is 0 Å². The van der Waals surface area contributed by atoms with Crippen LogP contribution < -0.4 is 16.0 Å². The van der Waals surface area contributed by atoms with Gasteiger partial charge in [0.15, 0.2) is 0 Å². The SMILES string of the molecule is CC(C)(C)OC(=O)NCC(=O)NCc1ccccc1NC(=O)C=C1CCCCC1. The zero-order valence-electron chi connectivity index (χ0n) is 17.5. The van der Waals surface area contributed by atoms with Crippen LogP contribution in [0, 0.1) is 0 Å². The van der Waals surface area contributed by atoms with Crippen LogP contribution in [-0.4, -0.2) is 30.1 Å². The normalized spacial score (nSPS) is 14.0. The third-order valence-corrected chi connectivity index (χ3v) is 4.37. The van der Waals surface area contributed by atoms with Gasteiger partial charge < -0.3 is 20.7 Å². The number of carbonyl (C=O) groups is 3. The fourth-order valence-corrected chi connectivity index (χ4v) is 3.02. The summed E-state index contributed by atoms with van der Waals surface area (Å²) < 4.78 is 5.09. The van der Waals surface area contributed by atoms with Crippen molar-refractivity contribution in [2.75, 3.05) is 11.9 Å². The summed E-state index contributed by atoms with van der Waals surface area (Å²) >= 11 is 0. The molecule has 1 saturated carbocycles. The van der Waals surface area contributed by atoms with Crippen LogP contribution >= 0.6 is 0 Å². The highest BCUT2D eigenvalue weighted by Gasteiger charge is 2.16. The summed E-state index contributed by atoms with van der Waals surface area (Å²) in [6.07, 6.45) is 6.52. The van der Waals surface area contributed by atoms with Gasteiger partial charge in [0.05, 0.1) is 0 Å². The van der Waals surface area contributed by atoms with E-state index in [1.165, 1.54) is 12.0 Å². The third kappa shape index (κ3) is 8.81. The molecule has 1 fully saturated rings. The summed E-state index contributed by atoms with van der Waals surface area (Å²) in [4.78, 5) is 35.9. The van der Waals surface area contributed by atoms with Gasteiger partial charge in [0, 0.05) is 18.3 Å². The lowest BCUT2D eigenvalue weighted by Gasteiger charge is -2.19. The Balaban J connectivity index is 1.84. The first-order valence-electron chi connectivity index (χ1n) is 10.0. The van der Waals surface area contributed by atoms with Crippen molar-refractivity contribution in [2.24, 2.45) is 0 Å². The lowest BCUT2D eigenvalue weighted by Crippen LogP contribution is -2.39. The van der Waals surface area contributed by atoms with E-state index < -0.39 is 11.7 Å². The van der Waals surface area contributed by atoms with E-state index in [0.717, 1.165) is 31.2 Å². The molecule has 0 aromatic heterocycles. The topological polar surface area (TPSA) is 96.5 Å². The highest BCUT2D eigenvalue weighted by atomic mass is 16.6. The molecule has 3 N–H and O–H groups in total. The molecule has 1 aliphatic rings. The highest BCUT2D eigenvalue weighted by Crippen LogP contribution is 2.23. The van der Waals surface area contributed by atoms with Crippen LogP contribution in [0.15, 0.2) is 35.9 Å². The van der Waals surface area contributed by atoms with Gasteiger partial charge in [-0.2, -0.15) is 0 Å². The fourth-order valence-electron chi connectivity index (χ4n) is 3.02. The van der Waals surface area contributed by atoms with Crippen molar-refractivity contribution >= 4 is 23.6 Å². The molecule has 0 bridgehead atoms. The lowest BCUT2D eigenvalue weighted by molar-refractivity contribution is -0.120. The number of hydrogen-bond donors (Lipinski definition) is 3. The van der Waals surface area contributed by atoms with Gasteiger partial charge in [-0.15, -0.1) is 0 Å². The maximum absolute atomic E-state index is 12.3. The number of para-hydroxylation sites is 1. The summed E-state index contributed by atoms with van der Waals surface area (Å²) in [5.74, 6) is -0.492. The zero-order valence-corrected chi connectivity index (χ0v) is 17.5. The number of anilines is 1. The molecule has 2 rings (SSSR count). The minimum absolute atomic E-state index is 0.146. The van der Waals surface area contributed by atoms with Crippen molar-refractivity contribution in [3.8, 4) is 0 Å². The highest BCUT2D eigenvalue weighted by molar-refractivity contribution is 6.00. The molecule has 0 heterocycles. The number of benzene rings is 1. The first-order valence-corrected chi connectivity index (χ1v) is 10.0. The number of ether oxygens (including phenoxy) is 1. The molecule has 0 spiro atoms. The van der Waals surface area contributed by atoms with Gasteiger partial charge in [-0.25, -0.2) is 4.79 Å². The van der Waals surface area contributed by atoms with E-state index in [1.807, 2.05) is 18.2 Å². The molecule has 0 radical (unpaired) electrons. The summed E-state index contributed by atoms with van der Waals surface area (Å²) in [6, 6.07) is 7.32. The van der Waals surface area contributed by atoms with E-state index in [0.29, 0.717) is 5.69 Å². The summed E-state index contributed by atoms with van der Waals surface area (Å²) in [7, 11) is 0. The van der Waals surface area contributed by atoms with Gasteiger partial charge in [-0.3, -0.25) is 9.59 Å². The maximum Gasteiger partial charge on any atom is 0.408 e. The first kappa shape index (κ1) is 22.5. The Bertz CT molecular complexity index is 758. The van der Waals surface area contributed by atoms with E-state index >= 15 is 0 Å². The van der Waals surface area contributed by atoms with Crippen molar-refractivity contribution < 1.29 is 19.1 Å². The van der Waals surface area contributed by atoms with Crippen LogP contribution in [0.25, 0.3) is 0 Å². The van der Waals surface area contributed by atoms with E-state index in [-0.39, 0.29) is 24.9 Å². The van der Waals surface area contributed by atoms with Crippen LogP contribution in [0.1, 0.15) is 58.4 Å². The predicted octanol–water partition coefficient (Wildman–Crippen LogP) is 3.66. The van der Waals surface area contributed by atoms with Crippen molar-refractivity contribution in [3.05, 3.63) is 41.5 Å². The van der Waals surface area contributed by atoms with E-state index in [9.17, 15) is 14.4 Å². The Morgan fingerprint density at radius 1 is 1.03 bits per heavy atom. The summed E-state index contributed by atoms with van der Waals surface area (Å²) in [5.41, 5.74) is 2.01. The molecular formula is C22H31N3O4. The first-order chi connectivity index (χ1) is 13.7. The molecule has 158 valence electrons. The quantitative estimate of drug-likeness (QED) is 0.634. The molecule has 29 heavy (non-hydrogen) atoms. The number of nitrogens with one attached hydrogen (secondary N) is 3. The average Bonchev–Trinajstić information content (AvgIpc) is 2.65. The molecular weight excluding hydrogens is 370 g/mol. The second-order valence-electron chi connectivity index (χ2n) is 8.14. The van der Waals surface area contributed by atoms with E-state index in [2.05, 4.69) is 16.0 Å². The Labute approximate surface area is 172 Å². The van der Waals surface area contributed by atoms with Crippen LogP contribution in [0.2, 0.25) is 0 Å². The van der Waals surface area contributed by atoms with Gasteiger partial charge in [0.25, 0.3) is 0 Å². The average molecular weight is 402 g/mol. The fraction of sp³-hybridized carbons (Fsp3) is 0.500. The molecule has 0 aliphatic heterocycles. The molecule has 1 aromatic carbocycles. The van der Waals surface area contributed by atoms with Crippen LogP contribution in [-0.2, 0) is 20.9 Å². The van der Waals surface area contributed by atoms with E-state index in [4.69, 9.17) is 4.74 Å². The second-order valence-corrected chi connectivity index (χ2v) is 8.14. The van der Waals surface area contributed by atoms with Gasteiger partial charge in [-0.1, -0.05) is 30.2 Å².